The normalized spacial score (nSPS) is 15.4. The van der Waals surface area contributed by atoms with Crippen LogP contribution in [-0.4, -0.2) is 60.3 Å². The number of carbonyl (C=O) groups is 1. The van der Waals surface area contributed by atoms with Crippen molar-refractivity contribution in [3.05, 3.63) is 22.1 Å². The number of anilines is 1. The summed E-state index contributed by atoms with van der Waals surface area (Å²) in [7, 11) is 0. The largest absolute Gasteiger partial charge is 0.481 e. The topological polar surface area (TPSA) is 105 Å². The van der Waals surface area contributed by atoms with Crippen LogP contribution in [0.5, 0.6) is 0 Å². The van der Waals surface area contributed by atoms with Gasteiger partial charge < -0.3 is 19.5 Å². The van der Waals surface area contributed by atoms with E-state index in [1.165, 1.54) is 4.90 Å². The Morgan fingerprint density at radius 2 is 2.08 bits per heavy atom. The molecule has 1 saturated heterocycles. The first-order valence-corrected chi connectivity index (χ1v) is 7.10. The number of aromatic nitrogens is 2. The van der Waals surface area contributed by atoms with Gasteiger partial charge in [0.05, 0.1) is 44.2 Å². The summed E-state index contributed by atoms with van der Waals surface area (Å²) < 4.78 is 49.2. The molecule has 2 N–H and O–H groups in total. The highest BCUT2D eigenvalue weighted by atomic mass is 19.4. The molecule has 0 aromatic carbocycles. The lowest BCUT2D eigenvalue weighted by Gasteiger charge is -2.41. The fourth-order valence-corrected chi connectivity index (χ4v) is 2.18. The number of halogens is 3. The quantitative estimate of drug-likeness (QED) is 0.657. The monoisotopic (exact) mass is 351 g/mol. The van der Waals surface area contributed by atoms with Crippen molar-refractivity contribution in [1.29, 1.82) is 0 Å². The van der Waals surface area contributed by atoms with Crippen molar-refractivity contribution in [1.82, 2.24) is 10.2 Å². The highest BCUT2D eigenvalue weighted by Crippen LogP contribution is 2.35. The van der Waals surface area contributed by atoms with Crippen molar-refractivity contribution in [2.24, 2.45) is 0 Å². The van der Waals surface area contributed by atoms with E-state index in [4.69, 9.17) is 14.6 Å². The molecule has 0 atom stereocenters. The van der Waals surface area contributed by atoms with Gasteiger partial charge in [0.15, 0.2) is 0 Å². The first-order chi connectivity index (χ1) is 11.3. The molecule has 0 bridgehead atoms. The lowest BCUT2D eigenvalue weighted by Crippen LogP contribution is -2.53. The van der Waals surface area contributed by atoms with E-state index >= 15 is 0 Å². The van der Waals surface area contributed by atoms with Gasteiger partial charge in [-0.3, -0.25) is 9.59 Å². The second-order valence-electron chi connectivity index (χ2n) is 5.11. The van der Waals surface area contributed by atoms with Crippen LogP contribution in [0.2, 0.25) is 0 Å². The Morgan fingerprint density at radius 1 is 1.38 bits per heavy atom. The zero-order valence-corrected chi connectivity index (χ0v) is 12.5. The van der Waals surface area contributed by atoms with Gasteiger partial charge >= 0.3 is 12.1 Å². The second-order valence-corrected chi connectivity index (χ2v) is 5.11. The summed E-state index contributed by atoms with van der Waals surface area (Å²) >= 11 is 0. The van der Waals surface area contributed by atoms with Gasteiger partial charge in [-0.05, 0) is 0 Å². The lowest BCUT2D eigenvalue weighted by atomic mass is 10.1. The molecule has 24 heavy (non-hydrogen) atoms. The molecule has 0 spiro atoms. The molecular weight excluding hydrogens is 335 g/mol. The van der Waals surface area contributed by atoms with Gasteiger partial charge in [0.1, 0.15) is 5.56 Å². The van der Waals surface area contributed by atoms with Crippen molar-refractivity contribution in [3.63, 3.8) is 0 Å². The molecule has 1 fully saturated rings. The number of carboxylic acid groups (broad SMARTS) is 1. The number of H-pyrrole nitrogens is 1. The standard InChI is InChI=1S/C13H16F3N3O5/c14-13(15,16)11-9(5-17-18-12(11)22)19-6-8(7-19)24-4-3-23-2-1-10(20)21/h5,8H,1-4,6-7H2,(H,18,22)(H,20,21). The molecule has 1 aliphatic heterocycles. The van der Waals surface area contributed by atoms with Crippen molar-refractivity contribution in [2.45, 2.75) is 18.7 Å². The van der Waals surface area contributed by atoms with Gasteiger partial charge in [-0.2, -0.15) is 18.3 Å². The average Bonchev–Trinajstić information content (AvgIpc) is 2.42. The highest BCUT2D eigenvalue weighted by molar-refractivity contribution is 5.66. The van der Waals surface area contributed by atoms with E-state index in [1.807, 2.05) is 0 Å². The molecule has 1 aliphatic rings. The zero-order valence-electron chi connectivity index (χ0n) is 12.5. The maximum Gasteiger partial charge on any atom is 0.423 e. The van der Waals surface area contributed by atoms with Gasteiger partial charge in [-0.15, -0.1) is 0 Å². The molecule has 8 nitrogen and oxygen atoms in total. The van der Waals surface area contributed by atoms with Gasteiger partial charge in [-0.25, -0.2) is 5.10 Å². The number of nitrogens with zero attached hydrogens (tertiary/aromatic N) is 2. The molecule has 134 valence electrons. The molecular formula is C13H16F3N3O5. The summed E-state index contributed by atoms with van der Waals surface area (Å²) in [5.74, 6) is -0.961. The van der Waals surface area contributed by atoms with Gasteiger partial charge in [-0.1, -0.05) is 0 Å². The van der Waals surface area contributed by atoms with Crippen LogP contribution in [0.25, 0.3) is 0 Å². The molecule has 2 heterocycles. The van der Waals surface area contributed by atoms with Crippen LogP contribution >= 0.6 is 0 Å². The Bertz CT molecular complexity index is 628. The van der Waals surface area contributed by atoms with Crippen molar-refractivity contribution < 1.29 is 32.5 Å². The van der Waals surface area contributed by atoms with Crippen LogP contribution in [0.3, 0.4) is 0 Å². The van der Waals surface area contributed by atoms with E-state index in [-0.39, 0.29) is 51.1 Å². The smallest absolute Gasteiger partial charge is 0.423 e. The zero-order chi connectivity index (χ0) is 17.7. The Hall–Kier alpha value is -2.14. The SMILES string of the molecule is O=C(O)CCOCCOC1CN(c2cn[nH]c(=O)c2C(F)(F)F)C1. The number of carboxylic acids is 1. The Balaban J connectivity index is 1.78. The van der Waals surface area contributed by atoms with Crippen molar-refractivity contribution >= 4 is 11.7 Å². The number of aromatic amines is 1. The third-order valence-corrected chi connectivity index (χ3v) is 3.35. The number of aliphatic carboxylic acids is 1. The van der Waals surface area contributed by atoms with Gasteiger partial charge in [0, 0.05) is 13.1 Å². The van der Waals surface area contributed by atoms with Gasteiger partial charge in [0.25, 0.3) is 5.56 Å². The number of hydrogen-bond acceptors (Lipinski definition) is 6. The summed E-state index contributed by atoms with van der Waals surface area (Å²) in [5.41, 5.74) is -2.83. The third kappa shape index (κ3) is 4.68. The van der Waals surface area contributed by atoms with E-state index < -0.39 is 23.3 Å². The van der Waals surface area contributed by atoms with Crippen LogP contribution in [0, 0.1) is 0 Å². The Labute approximate surface area is 134 Å². The minimum atomic E-state index is -4.77. The number of nitrogens with one attached hydrogen (secondary N) is 1. The Kier molecular flexibility index (Phi) is 5.78. The lowest BCUT2D eigenvalue weighted by molar-refractivity contribution is -0.139. The first-order valence-electron chi connectivity index (χ1n) is 7.10. The summed E-state index contributed by atoms with van der Waals surface area (Å²) in [6.07, 6.45) is -4.19. The van der Waals surface area contributed by atoms with E-state index in [2.05, 4.69) is 5.10 Å². The molecule has 0 aliphatic carbocycles. The highest BCUT2D eigenvalue weighted by Gasteiger charge is 2.41. The van der Waals surface area contributed by atoms with Crippen molar-refractivity contribution in [2.75, 3.05) is 37.8 Å². The van der Waals surface area contributed by atoms with E-state index in [0.29, 0.717) is 0 Å². The van der Waals surface area contributed by atoms with Crippen LogP contribution in [0.4, 0.5) is 18.9 Å². The van der Waals surface area contributed by atoms with Crippen LogP contribution < -0.4 is 10.5 Å². The average molecular weight is 351 g/mol. The van der Waals surface area contributed by atoms with Crippen LogP contribution in [0.1, 0.15) is 12.0 Å². The van der Waals surface area contributed by atoms with E-state index in [1.54, 1.807) is 5.10 Å². The maximum absolute atomic E-state index is 12.9. The molecule has 1 aromatic heterocycles. The van der Waals surface area contributed by atoms with Gasteiger partial charge in [0.2, 0.25) is 0 Å². The summed E-state index contributed by atoms with van der Waals surface area (Å²) in [5, 5.41) is 13.6. The summed E-state index contributed by atoms with van der Waals surface area (Å²) in [6.45, 7) is 0.873. The molecule has 1 aromatic rings. The maximum atomic E-state index is 12.9. The Morgan fingerprint density at radius 3 is 2.71 bits per heavy atom. The second kappa shape index (κ2) is 7.62. The predicted octanol–water partition coefficient (Wildman–Crippen LogP) is 0.485. The molecule has 2 rings (SSSR count). The first kappa shape index (κ1) is 18.2. The minimum Gasteiger partial charge on any atom is -0.481 e. The van der Waals surface area contributed by atoms with E-state index in [0.717, 1.165) is 6.20 Å². The fourth-order valence-electron chi connectivity index (χ4n) is 2.18. The van der Waals surface area contributed by atoms with Crippen molar-refractivity contribution in [3.8, 4) is 0 Å². The predicted molar refractivity (Wildman–Crippen MR) is 74.9 cm³/mol. The molecule has 0 radical (unpaired) electrons. The molecule has 0 amide bonds. The minimum absolute atomic E-state index is 0.0723. The van der Waals surface area contributed by atoms with Crippen LogP contribution in [-0.2, 0) is 20.4 Å². The molecule has 0 saturated carbocycles. The molecule has 11 heteroatoms. The number of hydrogen-bond donors (Lipinski definition) is 2. The number of ether oxygens (including phenoxy) is 2. The number of alkyl halides is 3. The molecule has 0 unspecified atom stereocenters. The summed E-state index contributed by atoms with van der Waals surface area (Å²) in [4.78, 5) is 23.0. The summed E-state index contributed by atoms with van der Waals surface area (Å²) in [6, 6.07) is 0. The number of rotatable bonds is 8. The van der Waals surface area contributed by atoms with Crippen LogP contribution in [0.15, 0.2) is 11.0 Å². The fraction of sp³-hybridized carbons (Fsp3) is 0.615. The third-order valence-electron chi connectivity index (χ3n) is 3.35. The van der Waals surface area contributed by atoms with E-state index in [9.17, 15) is 22.8 Å².